The molecule has 2 heterocycles. The SMILES string of the molecule is CN(C)C(=O)c1ccc2c(c1)N(CC(=O)NCc1ccc(Cl)cc1)C(=O)C1CCCCN21. The number of carbonyl (C=O) groups excluding carboxylic acids is 3. The Bertz CT molecular complexity index is 1040. The summed E-state index contributed by atoms with van der Waals surface area (Å²) >= 11 is 5.92. The lowest BCUT2D eigenvalue weighted by molar-refractivity contribution is -0.125. The molecule has 2 aromatic carbocycles. The lowest BCUT2D eigenvalue weighted by Crippen LogP contribution is -2.57. The van der Waals surface area contributed by atoms with E-state index in [1.807, 2.05) is 18.2 Å². The highest BCUT2D eigenvalue weighted by molar-refractivity contribution is 6.30. The van der Waals surface area contributed by atoms with E-state index in [0.717, 1.165) is 37.1 Å². The van der Waals surface area contributed by atoms with Gasteiger partial charge < -0.3 is 15.1 Å². The Labute approximate surface area is 192 Å². The molecule has 3 amide bonds. The Hall–Kier alpha value is -3.06. The molecule has 2 aliphatic heterocycles. The van der Waals surface area contributed by atoms with Crippen LogP contribution in [0.3, 0.4) is 0 Å². The summed E-state index contributed by atoms with van der Waals surface area (Å²) in [4.78, 5) is 43.8. The van der Waals surface area contributed by atoms with E-state index >= 15 is 0 Å². The second kappa shape index (κ2) is 9.20. The highest BCUT2D eigenvalue weighted by atomic mass is 35.5. The molecule has 4 rings (SSSR count). The van der Waals surface area contributed by atoms with Crippen LogP contribution in [-0.2, 0) is 16.1 Å². The normalized spacial score (nSPS) is 17.5. The molecule has 8 heteroatoms. The zero-order valence-electron chi connectivity index (χ0n) is 18.3. The Morgan fingerprint density at radius 2 is 1.84 bits per heavy atom. The second-order valence-corrected chi connectivity index (χ2v) is 8.87. The number of halogens is 1. The molecule has 0 bridgehead atoms. The fraction of sp³-hybridized carbons (Fsp3) is 0.375. The van der Waals surface area contributed by atoms with E-state index in [-0.39, 0.29) is 30.3 Å². The number of benzene rings is 2. The third-order valence-electron chi connectivity index (χ3n) is 5.99. The van der Waals surface area contributed by atoms with Gasteiger partial charge in [-0.1, -0.05) is 23.7 Å². The topological polar surface area (TPSA) is 73.0 Å². The number of amides is 3. The highest BCUT2D eigenvalue weighted by Crippen LogP contribution is 2.40. The maximum atomic E-state index is 13.4. The van der Waals surface area contributed by atoms with Crippen LogP contribution in [0.15, 0.2) is 42.5 Å². The summed E-state index contributed by atoms with van der Waals surface area (Å²) in [6.45, 7) is 1.05. The van der Waals surface area contributed by atoms with E-state index in [0.29, 0.717) is 22.8 Å². The van der Waals surface area contributed by atoms with Gasteiger partial charge in [-0.2, -0.15) is 0 Å². The van der Waals surface area contributed by atoms with Crippen LogP contribution in [0.4, 0.5) is 11.4 Å². The van der Waals surface area contributed by atoms with Crippen LogP contribution >= 0.6 is 11.6 Å². The first kappa shape index (κ1) is 22.1. The highest BCUT2D eigenvalue weighted by Gasteiger charge is 2.40. The van der Waals surface area contributed by atoms with Gasteiger partial charge in [0.2, 0.25) is 11.8 Å². The molecule has 1 atom stereocenters. The van der Waals surface area contributed by atoms with Crippen LogP contribution in [0.1, 0.15) is 35.2 Å². The van der Waals surface area contributed by atoms with Crippen LogP contribution in [0, 0.1) is 0 Å². The van der Waals surface area contributed by atoms with Gasteiger partial charge in [-0.15, -0.1) is 0 Å². The van der Waals surface area contributed by atoms with Crippen molar-refractivity contribution in [3.8, 4) is 0 Å². The summed E-state index contributed by atoms with van der Waals surface area (Å²) in [5.41, 5.74) is 2.92. The van der Waals surface area contributed by atoms with Crippen LogP contribution in [-0.4, -0.2) is 55.8 Å². The molecule has 0 aliphatic carbocycles. The molecule has 1 N–H and O–H groups in total. The first-order valence-corrected chi connectivity index (χ1v) is 11.2. The van der Waals surface area contributed by atoms with Crippen molar-refractivity contribution >= 4 is 40.7 Å². The molecule has 0 saturated carbocycles. The van der Waals surface area contributed by atoms with Crippen molar-refractivity contribution in [2.24, 2.45) is 0 Å². The zero-order chi connectivity index (χ0) is 22.8. The van der Waals surface area contributed by atoms with Crippen molar-refractivity contribution in [1.82, 2.24) is 10.2 Å². The molecule has 1 unspecified atom stereocenters. The van der Waals surface area contributed by atoms with Crippen LogP contribution < -0.4 is 15.1 Å². The Morgan fingerprint density at radius 3 is 2.56 bits per heavy atom. The third-order valence-corrected chi connectivity index (χ3v) is 6.24. The van der Waals surface area contributed by atoms with Crippen molar-refractivity contribution in [2.45, 2.75) is 31.8 Å². The smallest absolute Gasteiger partial charge is 0.253 e. The minimum absolute atomic E-state index is 0.0895. The molecule has 32 heavy (non-hydrogen) atoms. The number of carbonyl (C=O) groups is 3. The third kappa shape index (κ3) is 4.43. The molecule has 2 aromatic rings. The van der Waals surface area contributed by atoms with Gasteiger partial charge in [-0.3, -0.25) is 19.3 Å². The van der Waals surface area contributed by atoms with Crippen LogP contribution in [0.2, 0.25) is 5.02 Å². The minimum Gasteiger partial charge on any atom is -0.358 e. The summed E-state index contributed by atoms with van der Waals surface area (Å²) in [7, 11) is 3.38. The van der Waals surface area contributed by atoms with E-state index in [4.69, 9.17) is 11.6 Å². The minimum atomic E-state index is -0.268. The average Bonchev–Trinajstić information content (AvgIpc) is 2.80. The van der Waals surface area contributed by atoms with Gasteiger partial charge in [0, 0.05) is 37.8 Å². The van der Waals surface area contributed by atoms with Crippen molar-refractivity contribution in [1.29, 1.82) is 0 Å². The van der Waals surface area contributed by atoms with Crippen LogP contribution in [0.5, 0.6) is 0 Å². The van der Waals surface area contributed by atoms with Crippen molar-refractivity contribution in [3.63, 3.8) is 0 Å². The van der Waals surface area contributed by atoms with Gasteiger partial charge >= 0.3 is 0 Å². The summed E-state index contributed by atoms with van der Waals surface area (Å²) in [5, 5.41) is 3.51. The molecule has 1 saturated heterocycles. The molecule has 0 spiro atoms. The molecule has 1 fully saturated rings. The standard InChI is InChI=1S/C24H27ClN4O3/c1-27(2)23(31)17-8-11-19-21(13-17)29(24(32)20-5-3-4-12-28(19)20)15-22(30)26-14-16-6-9-18(25)10-7-16/h6-11,13,20H,3-5,12,14-15H2,1-2H3,(H,26,30). The van der Waals surface area contributed by atoms with Gasteiger partial charge in [-0.25, -0.2) is 0 Å². The summed E-state index contributed by atoms with van der Waals surface area (Å²) in [6, 6.07) is 12.4. The van der Waals surface area contributed by atoms with Crippen molar-refractivity contribution < 1.29 is 14.4 Å². The maximum absolute atomic E-state index is 13.4. The quantitative estimate of drug-likeness (QED) is 0.753. The number of hydrogen-bond acceptors (Lipinski definition) is 4. The number of nitrogens with zero attached hydrogens (tertiary/aromatic N) is 3. The Balaban J connectivity index is 1.59. The molecular formula is C24H27ClN4O3. The lowest BCUT2D eigenvalue weighted by Gasteiger charge is -2.45. The first-order valence-electron chi connectivity index (χ1n) is 10.8. The summed E-state index contributed by atoms with van der Waals surface area (Å²) in [6.07, 6.45) is 2.76. The monoisotopic (exact) mass is 454 g/mol. The molecule has 7 nitrogen and oxygen atoms in total. The maximum Gasteiger partial charge on any atom is 0.253 e. The summed E-state index contributed by atoms with van der Waals surface area (Å²) in [5.74, 6) is -0.491. The van der Waals surface area contributed by atoms with E-state index < -0.39 is 0 Å². The number of anilines is 2. The zero-order valence-corrected chi connectivity index (χ0v) is 19.1. The first-order chi connectivity index (χ1) is 15.3. The Morgan fingerprint density at radius 1 is 1.09 bits per heavy atom. The van der Waals surface area contributed by atoms with E-state index in [1.54, 1.807) is 38.4 Å². The van der Waals surface area contributed by atoms with Crippen molar-refractivity contribution in [2.75, 3.05) is 37.0 Å². The van der Waals surface area contributed by atoms with E-state index in [1.165, 1.54) is 9.80 Å². The average molecular weight is 455 g/mol. The van der Waals surface area contributed by atoms with Gasteiger partial charge in [0.1, 0.15) is 12.6 Å². The second-order valence-electron chi connectivity index (χ2n) is 8.44. The molecule has 2 aliphatic rings. The molecular weight excluding hydrogens is 428 g/mol. The predicted molar refractivity (Wildman–Crippen MR) is 125 cm³/mol. The van der Waals surface area contributed by atoms with Gasteiger partial charge in [-0.05, 0) is 55.2 Å². The van der Waals surface area contributed by atoms with Crippen molar-refractivity contribution in [3.05, 3.63) is 58.6 Å². The number of hydrogen-bond donors (Lipinski definition) is 1. The predicted octanol–water partition coefficient (Wildman–Crippen LogP) is 3.06. The number of rotatable bonds is 5. The number of nitrogens with one attached hydrogen (secondary N) is 1. The fourth-order valence-corrected chi connectivity index (χ4v) is 4.44. The van der Waals surface area contributed by atoms with Gasteiger partial charge in [0.15, 0.2) is 0 Å². The van der Waals surface area contributed by atoms with E-state index in [2.05, 4.69) is 10.2 Å². The van der Waals surface area contributed by atoms with E-state index in [9.17, 15) is 14.4 Å². The summed E-state index contributed by atoms with van der Waals surface area (Å²) < 4.78 is 0. The Kier molecular flexibility index (Phi) is 6.37. The van der Waals surface area contributed by atoms with Gasteiger partial charge in [0.25, 0.3) is 5.91 Å². The largest absolute Gasteiger partial charge is 0.358 e. The van der Waals surface area contributed by atoms with Gasteiger partial charge in [0.05, 0.1) is 11.4 Å². The van der Waals surface area contributed by atoms with Crippen LogP contribution in [0.25, 0.3) is 0 Å². The fourth-order valence-electron chi connectivity index (χ4n) is 4.31. The molecule has 168 valence electrons. The number of fused-ring (bicyclic) bond motifs is 3. The molecule has 0 radical (unpaired) electrons. The molecule has 0 aromatic heterocycles. The number of piperidine rings is 1. The lowest BCUT2D eigenvalue weighted by atomic mass is 9.95.